The van der Waals surface area contributed by atoms with Gasteiger partial charge in [-0.05, 0) is 17.0 Å². The SMILES string of the molecule is CC(C)c1ccc(/C=N\[N+](C)(C)C)cc1.[I-]. The van der Waals surface area contributed by atoms with E-state index >= 15 is 0 Å². The highest BCUT2D eigenvalue weighted by atomic mass is 127. The summed E-state index contributed by atoms with van der Waals surface area (Å²) >= 11 is 0. The molecule has 0 radical (unpaired) electrons. The van der Waals surface area contributed by atoms with Crippen LogP contribution in [-0.4, -0.2) is 31.9 Å². The van der Waals surface area contributed by atoms with Gasteiger partial charge in [0.05, 0.1) is 27.4 Å². The summed E-state index contributed by atoms with van der Waals surface area (Å²) in [7, 11) is 6.12. The Morgan fingerprint density at radius 2 is 1.56 bits per heavy atom. The molecular weight excluding hydrogens is 311 g/mol. The number of halogens is 1. The number of hydrogen-bond acceptors (Lipinski definition) is 1. The van der Waals surface area contributed by atoms with Crippen molar-refractivity contribution in [3.05, 3.63) is 35.4 Å². The van der Waals surface area contributed by atoms with Crippen molar-refractivity contribution in [2.24, 2.45) is 5.10 Å². The molecule has 0 spiro atoms. The molecule has 90 valence electrons. The summed E-state index contributed by atoms with van der Waals surface area (Å²) < 4.78 is 0.603. The first kappa shape index (κ1) is 15.6. The average Bonchev–Trinajstić information content (AvgIpc) is 2.14. The Labute approximate surface area is 116 Å². The summed E-state index contributed by atoms with van der Waals surface area (Å²) in [6.07, 6.45) is 1.92. The van der Waals surface area contributed by atoms with Crippen LogP contribution in [0.1, 0.15) is 30.9 Å². The van der Waals surface area contributed by atoms with Gasteiger partial charge in [0.1, 0.15) is 0 Å². The summed E-state index contributed by atoms with van der Waals surface area (Å²) in [6, 6.07) is 8.58. The van der Waals surface area contributed by atoms with Crippen LogP contribution >= 0.6 is 0 Å². The maximum Gasteiger partial charge on any atom is 0.0923 e. The van der Waals surface area contributed by atoms with Crippen molar-refractivity contribution in [1.29, 1.82) is 0 Å². The molecule has 0 fully saturated rings. The van der Waals surface area contributed by atoms with E-state index in [0.717, 1.165) is 5.56 Å². The molecule has 0 aromatic heterocycles. The fourth-order valence-electron chi connectivity index (χ4n) is 1.21. The summed E-state index contributed by atoms with van der Waals surface area (Å²) in [5.41, 5.74) is 2.53. The molecule has 0 amide bonds. The molecule has 16 heavy (non-hydrogen) atoms. The zero-order valence-electron chi connectivity index (χ0n) is 10.7. The van der Waals surface area contributed by atoms with E-state index < -0.39 is 0 Å². The lowest BCUT2D eigenvalue weighted by atomic mass is 10.0. The van der Waals surface area contributed by atoms with Gasteiger partial charge >= 0.3 is 0 Å². The maximum atomic E-state index is 4.41. The topological polar surface area (TPSA) is 12.4 Å². The van der Waals surface area contributed by atoms with Crippen molar-refractivity contribution in [3.63, 3.8) is 0 Å². The molecule has 2 nitrogen and oxygen atoms in total. The van der Waals surface area contributed by atoms with Gasteiger partial charge in [-0.25, -0.2) is 4.59 Å². The molecule has 1 aromatic rings. The van der Waals surface area contributed by atoms with Gasteiger partial charge < -0.3 is 24.0 Å². The number of quaternary nitrogens is 1. The zero-order valence-corrected chi connectivity index (χ0v) is 12.9. The highest BCUT2D eigenvalue weighted by Gasteiger charge is 2.02. The first-order valence-corrected chi connectivity index (χ1v) is 5.35. The fourth-order valence-corrected chi connectivity index (χ4v) is 1.21. The molecule has 0 unspecified atom stereocenters. The molecule has 0 N–H and O–H groups in total. The van der Waals surface area contributed by atoms with Gasteiger partial charge in [-0.15, -0.1) is 0 Å². The minimum atomic E-state index is 0. The Morgan fingerprint density at radius 3 is 1.94 bits per heavy atom. The van der Waals surface area contributed by atoms with E-state index in [-0.39, 0.29) is 24.0 Å². The van der Waals surface area contributed by atoms with Crippen molar-refractivity contribution < 1.29 is 28.6 Å². The summed E-state index contributed by atoms with van der Waals surface area (Å²) in [5.74, 6) is 0.592. The Balaban J connectivity index is 0.00000225. The van der Waals surface area contributed by atoms with E-state index in [9.17, 15) is 0 Å². The molecular formula is C13H21IN2. The summed E-state index contributed by atoms with van der Waals surface area (Å²) in [4.78, 5) is 0. The van der Waals surface area contributed by atoms with E-state index in [1.54, 1.807) is 0 Å². The van der Waals surface area contributed by atoms with E-state index in [4.69, 9.17) is 0 Å². The van der Waals surface area contributed by atoms with Gasteiger partial charge in [0.2, 0.25) is 0 Å². The van der Waals surface area contributed by atoms with Crippen LogP contribution in [0.2, 0.25) is 0 Å². The highest BCUT2D eigenvalue weighted by Crippen LogP contribution is 2.13. The molecule has 0 aliphatic rings. The van der Waals surface area contributed by atoms with Gasteiger partial charge in [0.15, 0.2) is 0 Å². The minimum absolute atomic E-state index is 0. The smallest absolute Gasteiger partial charge is 0.0923 e. The van der Waals surface area contributed by atoms with E-state index in [1.165, 1.54) is 5.56 Å². The van der Waals surface area contributed by atoms with Gasteiger partial charge in [0, 0.05) is 0 Å². The second kappa shape index (κ2) is 6.35. The Bertz CT molecular complexity index is 334. The molecule has 1 aromatic carbocycles. The largest absolute Gasteiger partial charge is 1.00 e. The second-order valence-electron chi connectivity index (χ2n) is 5.01. The van der Waals surface area contributed by atoms with Crippen LogP contribution in [0.15, 0.2) is 29.4 Å². The predicted molar refractivity (Wildman–Crippen MR) is 66.2 cm³/mol. The number of nitrogens with zero attached hydrogens (tertiary/aromatic N) is 2. The third kappa shape index (κ3) is 5.61. The predicted octanol–water partition coefficient (Wildman–Crippen LogP) is -0.146. The Kier molecular flexibility index (Phi) is 6.18. The van der Waals surface area contributed by atoms with Crippen LogP contribution in [0.4, 0.5) is 0 Å². The first-order valence-electron chi connectivity index (χ1n) is 5.35. The molecule has 0 atom stereocenters. The number of benzene rings is 1. The highest BCUT2D eigenvalue weighted by molar-refractivity contribution is 5.79. The van der Waals surface area contributed by atoms with Crippen LogP contribution in [0, 0.1) is 0 Å². The Hall–Kier alpha value is -0.420. The molecule has 0 saturated heterocycles. The summed E-state index contributed by atoms with van der Waals surface area (Å²) in [5, 5.41) is 4.41. The van der Waals surface area contributed by atoms with Crippen LogP contribution < -0.4 is 24.0 Å². The van der Waals surface area contributed by atoms with Crippen molar-refractivity contribution in [3.8, 4) is 0 Å². The number of hydrogen-bond donors (Lipinski definition) is 0. The quantitative estimate of drug-likeness (QED) is 0.316. The normalized spacial score (nSPS) is 11.9. The van der Waals surface area contributed by atoms with Gasteiger partial charge in [-0.2, -0.15) is 0 Å². The molecule has 3 heteroatoms. The van der Waals surface area contributed by atoms with Crippen molar-refractivity contribution in [2.75, 3.05) is 21.1 Å². The van der Waals surface area contributed by atoms with E-state index in [2.05, 4.69) is 43.2 Å². The second-order valence-corrected chi connectivity index (χ2v) is 5.01. The van der Waals surface area contributed by atoms with Crippen molar-refractivity contribution >= 4 is 6.21 Å². The summed E-state index contributed by atoms with van der Waals surface area (Å²) in [6.45, 7) is 4.41. The fraction of sp³-hybridized carbons (Fsp3) is 0.462. The standard InChI is InChI=1S/C13H21N2.HI/c1-11(2)13-8-6-12(7-9-13)10-14-15(3,4)5;/h6-11H,1-5H3;1H/q+1;/p-1/b14-10-;. The van der Waals surface area contributed by atoms with Gasteiger partial charge in [-0.3, -0.25) is 0 Å². The third-order valence-corrected chi connectivity index (χ3v) is 2.16. The van der Waals surface area contributed by atoms with Crippen LogP contribution in [0.25, 0.3) is 0 Å². The van der Waals surface area contributed by atoms with Crippen LogP contribution in [-0.2, 0) is 0 Å². The van der Waals surface area contributed by atoms with Crippen molar-refractivity contribution in [2.45, 2.75) is 19.8 Å². The molecule has 0 saturated carbocycles. The first-order chi connectivity index (χ1) is 6.88. The van der Waals surface area contributed by atoms with Crippen LogP contribution in [0.5, 0.6) is 0 Å². The molecule has 1 rings (SSSR count). The molecule has 0 aliphatic carbocycles. The van der Waals surface area contributed by atoms with Gasteiger partial charge in [-0.1, -0.05) is 43.2 Å². The lowest BCUT2D eigenvalue weighted by Crippen LogP contribution is -3.00. The maximum absolute atomic E-state index is 4.41. The van der Waals surface area contributed by atoms with Crippen molar-refractivity contribution in [1.82, 2.24) is 0 Å². The Morgan fingerprint density at radius 1 is 1.06 bits per heavy atom. The monoisotopic (exact) mass is 332 g/mol. The van der Waals surface area contributed by atoms with Crippen LogP contribution in [0.3, 0.4) is 0 Å². The van der Waals surface area contributed by atoms with E-state index in [0.29, 0.717) is 10.5 Å². The zero-order chi connectivity index (χ0) is 11.5. The molecule has 0 aliphatic heterocycles. The molecule has 0 bridgehead atoms. The minimum Gasteiger partial charge on any atom is -1.00 e. The third-order valence-electron chi connectivity index (χ3n) is 2.16. The van der Waals surface area contributed by atoms with E-state index in [1.807, 2.05) is 27.4 Å². The lowest BCUT2D eigenvalue weighted by Gasteiger charge is -2.14. The number of rotatable bonds is 3. The molecule has 0 heterocycles. The van der Waals surface area contributed by atoms with Gasteiger partial charge in [0.25, 0.3) is 0 Å². The average molecular weight is 332 g/mol. The lowest BCUT2D eigenvalue weighted by molar-refractivity contribution is -0.876.